The number of nitrogens with two attached hydrogens (primary N) is 2. The Morgan fingerprint density at radius 1 is 1.47 bits per heavy atom. The second-order valence-electron chi connectivity index (χ2n) is 4.22. The molecule has 1 aliphatic rings. The Kier molecular flexibility index (Phi) is 3.07. The highest BCUT2D eigenvalue weighted by atomic mass is 32.1. The summed E-state index contributed by atoms with van der Waals surface area (Å²) in [6.45, 7) is 0. The van der Waals surface area contributed by atoms with Gasteiger partial charge in [-0.2, -0.15) is 0 Å². The van der Waals surface area contributed by atoms with Crippen molar-refractivity contribution >= 4 is 17.2 Å². The van der Waals surface area contributed by atoms with Gasteiger partial charge in [0.15, 0.2) is 0 Å². The minimum atomic E-state index is 0.135. The molecule has 0 aliphatic heterocycles. The van der Waals surface area contributed by atoms with Crippen molar-refractivity contribution in [1.29, 1.82) is 5.41 Å². The summed E-state index contributed by atoms with van der Waals surface area (Å²) >= 11 is 1.63. The zero-order valence-electron chi connectivity index (χ0n) is 8.70. The van der Waals surface area contributed by atoms with E-state index in [4.69, 9.17) is 16.9 Å². The highest BCUT2D eigenvalue weighted by molar-refractivity contribution is 7.10. The molecule has 0 amide bonds. The van der Waals surface area contributed by atoms with Crippen LogP contribution < -0.4 is 11.5 Å². The normalized spacial score (nSPS) is 19.3. The van der Waals surface area contributed by atoms with Gasteiger partial charge in [-0.25, -0.2) is 0 Å². The first kappa shape index (κ1) is 10.6. The van der Waals surface area contributed by atoms with E-state index in [0.717, 1.165) is 5.56 Å². The number of hydrogen-bond acceptors (Lipinski definition) is 3. The van der Waals surface area contributed by atoms with Gasteiger partial charge in [-0.05, 0) is 24.8 Å². The predicted molar refractivity (Wildman–Crippen MR) is 64.2 cm³/mol. The van der Waals surface area contributed by atoms with E-state index in [0.29, 0.717) is 5.92 Å². The van der Waals surface area contributed by atoms with E-state index in [2.05, 4.69) is 0 Å². The molecule has 0 radical (unpaired) electrons. The van der Waals surface area contributed by atoms with Crippen LogP contribution in [0.4, 0.5) is 0 Å². The van der Waals surface area contributed by atoms with Crippen LogP contribution in [0.3, 0.4) is 0 Å². The van der Waals surface area contributed by atoms with Crippen LogP contribution in [0.25, 0.3) is 0 Å². The zero-order chi connectivity index (χ0) is 10.8. The molecule has 4 heteroatoms. The maximum Gasteiger partial charge on any atom is 0.123 e. The highest BCUT2D eigenvalue weighted by Gasteiger charge is 2.24. The number of nitrogens with one attached hydrogen (secondary N) is 1. The van der Waals surface area contributed by atoms with Gasteiger partial charge in [-0.3, -0.25) is 5.41 Å². The SMILES string of the molecule is N=C(N)c1csc([C@H](N)C2CCCC2)c1. The smallest absolute Gasteiger partial charge is 0.123 e. The third kappa shape index (κ3) is 2.21. The van der Waals surface area contributed by atoms with Gasteiger partial charge in [0, 0.05) is 21.9 Å². The van der Waals surface area contributed by atoms with Crippen LogP contribution in [0.5, 0.6) is 0 Å². The van der Waals surface area contributed by atoms with Crippen LogP contribution >= 0.6 is 11.3 Å². The molecular weight excluding hydrogens is 206 g/mol. The van der Waals surface area contributed by atoms with E-state index in [1.54, 1.807) is 11.3 Å². The Bertz CT molecular complexity index is 352. The Hall–Kier alpha value is -0.870. The second-order valence-corrected chi connectivity index (χ2v) is 5.16. The van der Waals surface area contributed by atoms with Crippen LogP contribution in [0.2, 0.25) is 0 Å². The number of rotatable bonds is 3. The molecular formula is C11H17N3S. The maximum absolute atomic E-state index is 7.34. The molecule has 3 nitrogen and oxygen atoms in total. The van der Waals surface area contributed by atoms with E-state index in [9.17, 15) is 0 Å². The molecule has 1 aliphatic carbocycles. The summed E-state index contributed by atoms with van der Waals surface area (Å²) in [5.41, 5.74) is 12.5. The number of amidine groups is 1. The van der Waals surface area contributed by atoms with Crippen molar-refractivity contribution in [3.63, 3.8) is 0 Å². The number of thiophene rings is 1. The van der Waals surface area contributed by atoms with Crippen molar-refractivity contribution in [3.05, 3.63) is 21.9 Å². The van der Waals surface area contributed by atoms with Crippen LogP contribution in [-0.4, -0.2) is 5.84 Å². The molecule has 0 saturated heterocycles. The first-order valence-electron chi connectivity index (χ1n) is 5.37. The predicted octanol–water partition coefficient (Wildman–Crippen LogP) is 2.22. The molecule has 5 N–H and O–H groups in total. The summed E-state index contributed by atoms with van der Waals surface area (Å²) in [4.78, 5) is 1.17. The Balaban J connectivity index is 2.10. The quantitative estimate of drug-likeness (QED) is 0.543. The van der Waals surface area contributed by atoms with Gasteiger partial charge >= 0.3 is 0 Å². The second kappa shape index (κ2) is 4.33. The summed E-state index contributed by atoms with van der Waals surface area (Å²) in [6.07, 6.45) is 5.11. The van der Waals surface area contributed by atoms with Crippen molar-refractivity contribution in [1.82, 2.24) is 0 Å². The molecule has 0 unspecified atom stereocenters. The van der Waals surface area contributed by atoms with Gasteiger partial charge in [0.1, 0.15) is 5.84 Å². The molecule has 1 atom stereocenters. The van der Waals surface area contributed by atoms with E-state index >= 15 is 0 Å². The number of hydrogen-bond donors (Lipinski definition) is 3. The fourth-order valence-electron chi connectivity index (χ4n) is 2.22. The largest absolute Gasteiger partial charge is 0.384 e. The maximum atomic E-state index is 7.34. The standard InChI is InChI=1S/C11H17N3S/c12-10(7-3-1-2-4-7)9-5-8(6-15-9)11(13)14/h5-7,10H,1-4,12H2,(H3,13,14)/t10-/m1/s1. The third-order valence-electron chi connectivity index (χ3n) is 3.17. The van der Waals surface area contributed by atoms with Crippen molar-refractivity contribution < 1.29 is 0 Å². The lowest BCUT2D eigenvalue weighted by atomic mass is 9.97. The molecule has 82 valence electrons. The van der Waals surface area contributed by atoms with E-state index in [1.165, 1.54) is 30.6 Å². The fourth-order valence-corrected chi connectivity index (χ4v) is 3.22. The van der Waals surface area contributed by atoms with Gasteiger partial charge in [0.2, 0.25) is 0 Å². The molecule has 1 heterocycles. The lowest BCUT2D eigenvalue weighted by molar-refractivity contribution is 0.450. The average molecular weight is 223 g/mol. The Morgan fingerprint density at radius 2 is 2.13 bits per heavy atom. The topological polar surface area (TPSA) is 75.9 Å². The lowest BCUT2D eigenvalue weighted by Gasteiger charge is -2.16. The van der Waals surface area contributed by atoms with Gasteiger partial charge < -0.3 is 11.5 Å². The molecule has 1 fully saturated rings. The van der Waals surface area contributed by atoms with E-state index < -0.39 is 0 Å². The van der Waals surface area contributed by atoms with Gasteiger partial charge in [0.05, 0.1) is 0 Å². The van der Waals surface area contributed by atoms with Crippen molar-refractivity contribution in [2.24, 2.45) is 17.4 Å². The highest BCUT2D eigenvalue weighted by Crippen LogP contribution is 2.36. The minimum Gasteiger partial charge on any atom is -0.384 e. The van der Waals surface area contributed by atoms with Crippen molar-refractivity contribution in [2.45, 2.75) is 31.7 Å². The first-order valence-corrected chi connectivity index (χ1v) is 6.25. The molecule has 2 rings (SSSR count). The summed E-state index contributed by atoms with van der Waals surface area (Å²) in [5.74, 6) is 0.764. The summed E-state index contributed by atoms with van der Waals surface area (Å²) < 4.78 is 0. The van der Waals surface area contributed by atoms with Gasteiger partial charge in [-0.15, -0.1) is 11.3 Å². The Labute approximate surface area is 94.0 Å². The summed E-state index contributed by atoms with van der Waals surface area (Å²) in [7, 11) is 0. The molecule has 1 saturated carbocycles. The van der Waals surface area contributed by atoms with E-state index in [1.807, 2.05) is 11.4 Å². The van der Waals surface area contributed by atoms with Crippen molar-refractivity contribution in [3.8, 4) is 0 Å². The third-order valence-corrected chi connectivity index (χ3v) is 4.20. The summed E-state index contributed by atoms with van der Waals surface area (Å²) in [5, 5.41) is 9.27. The average Bonchev–Trinajstić information content (AvgIpc) is 2.88. The molecule has 0 spiro atoms. The minimum absolute atomic E-state index is 0.135. The monoisotopic (exact) mass is 223 g/mol. The Morgan fingerprint density at radius 3 is 2.67 bits per heavy atom. The lowest BCUT2D eigenvalue weighted by Crippen LogP contribution is -2.18. The van der Waals surface area contributed by atoms with E-state index in [-0.39, 0.29) is 11.9 Å². The fraction of sp³-hybridized carbons (Fsp3) is 0.545. The zero-order valence-corrected chi connectivity index (χ0v) is 9.52. The van der Waals surface area contributed by atoms with Gasteiger partial charge in [0.25, 0.3) is 0 Å². The van der Waals surface area contributed by atoms with Crippen LogP contribution in [0.15, 0.2) is 11.4 Å². The molecule has 1 aromatic heterocycles. The molecule has 0 aromatic carbocycles. The van der Waals surface area contributed by atoms with Crippen LogP contribution in [-0.2, 0) is 0 Å². The van der Waals surface area contributed by atoms with Gasteiger partial charge in [-0.1, -0.05) is 12.8 Å². The molecule has 15 heavy (non-hydrogen) atoms. The van der Waals surface area contributed by atoms with Crippen LogP contribution in [0, 0.1) is 11.3 Å². The summed E-state index contributed by atoms with van der Waals surface area (Å²) in [6, 6.07) is 2.11. The first-order chi connectivity index (χ1) is 7.18. The molecule has 0 bridgehead atoms. The molecule has 1 aromatic rings. The van der Waals surface area contributed by atoms with Crippen LogP contribution in [0.1, 0.15) is 42.2 Å². The number of nitrogen functional groups attached to an aromatic ring is 1. The van der Waals surface area contributed by atoms with Crippen molar-refractivity contribution in [2.75, 3.05) is 0 Å².